The zero-order chi connectivity index (χ0) is 18.3. The molecule has 0 saturated heterocycles. The van der Waals surface area contributed by atoms with Crippen LogP contribution in [0, 0.1) is 0 Å². The molecule has 0 radical (unpaired) electrons. The van der Waals surface area contributed by atoms with E-state index in [1.165, 1.54) is 6.07 Å². The van der Waals surface area contributed by atoms with Gasteiger partial charge in [0.2, 0.25) is 5.91 Å². The third kappa shape index (κ3) is 6.75. The van der Waals surface area contributed by atoms with Crippen molar-refractivity contribution in [2.45, 2.75) is 17.6 Å². The third-order valence-electron chi connectivity index (χ3n) is 2.90. The number of urea groups is 1. The van der Waals surface area contributed by atoms with Crippen LogP contribution in [0.25, 0.3) is 0 Å². The van der Waals surface area contributed by atoms with E-state index in [0.717, 1.165) is 22.7 Å². The van der Waals surface area contributed by atoms with Crippen LogP contribution in [0.2, 0.25) is 0 Å². The van der Waals surface area contributed by atoms with Gasteiger partial charge in [0, 0.05) is 17.6 Å². The lowest BCUT2D eigenvalue weighted by Gasteiger charge is -2.07. The van der Waals surface area contributed by atoms with Gasteiger partial charge in [-0.25, -0.2) is 9.78 Å². The van der Waals surface area contributed by atoms with E-state index in [9.17, 15) is 22.8 Å². The highest BCUT2D eigenvalue weighted by molar-refractivity contribution is 7.99. The zero-order valence-corrected chi connectivity index (χ0v) is 14.4. The smallest absolute Gasteiger partial charge is 0.337 e. The summed E-state index contributed by atoms with van der Waals surface area (Å²) in [5.74, 6) is -0.684. The van der Waals surface area contributed by atoms with Crippen molar-refractivity contribution in [2.24, 2.45) is 0 Å². The van der Waals surface area contributed by atoms with Crippen LogP contribution in [0.3, 0.4) is 0 Å². The maximum Gasteiger partial charge on any atom is 0.417 e. The first kappa shape index (κ1) is 19.3. The van der Waals surface area contributed by atoms with Gasteiger partial charge in [-0.05, 0) is 30.0 Å². The molecule has 0 unspecified atom stereocenters. The highest BCUT2D eigenvalue weighted by atomic mass is 32.2. The molecular weight excluding hydrogens is 375 g/mol. The van der Waals surface area contributed by atoms with Gasteiger partial charge >= 0.3 is 12.2 Å². The average Bonchev–Trinajstić information content (AvgIpc) is 3.06. The Kier molecular flexibility index (Phi) is 6.82. The minimum absolute atomic E-state index is 0.128. The number of nitrogens with one attached hydrogen (secondary N) is 2. The van der Waals surface area contributed by atoms with Crippen LogP contribution in [0.4, 0.5) is 18.0 Å². The zero-order valence-electron chi connectivity index (χ0n) is 12.8. The van der Waals surface area contributed by atoms with Crippen molar-refractivity contribution in [3.05, 3.63) is 46.3 Å². The van der Waals surface area contributed by atoms with Gasteiger partial charge in [-0.15, -0.1) is 11.3 Å². The summed E-state index contributed by atoms with van der Waals surface area (Å²) in [4.78, 5) is 28.0. The predicted molar refractivity (Wildman–Crippen MR) is 89.5 cm³/mol. The Labute approximate surface area is 150 Å². The van der Waals surface area contributed by atoms with Crippen LogP contribution in [0.1, 0.15) is 10.4 Å². The van der Waals surface area contributed by atoms with Crippen molar-refractivity contribution < 1.29 is 22.8 Å². The molecule has 0 aromatic carbocycles. The maximum absolute atomic E-state index is 12.4. The second kappa shape index (κ2) is 8.86. The topological polar surface area (TPSA) is 71.1 Å². The number of pyridine rings is 1. The molecule has 0 aliphatic carbocycles. The van der Waals surface area contributed by atoms with Crippen LogP contribution in [-0.2, 0) is 17.4 Å². The highest BCUT2D eigenvalue weighted by Gasteiger charge is 2.30. The first-order valence-corrected chi connectivity index (χ1v) is 8.97. The Hall–Kier alpha value is -2.07. The van der Waals surface area contributed by atoms with Gasteiger partial charge in [0.25, 0.3) is 0 Å². The Bertz CT molecular complexity index is 704. The van der Waals surface area contributed by atoms with Gasteiger partial charge in [-0.2, -0.15) is 13.2 Å². The van der Waals surface area contributed by atoms with Crippen molar-refractivity contribution in [3.63, 3.8) is 0 Å². The molecular formula is C15H14F3N3O2S2. The van der Waals surface area contributed by atoms with Crippen molar-refractivity contribution in [1.82, 2.24) is 15.6 Å². The number of amides is 3. The molecule has 5 nitrogen and oxygen atoms in total. The van der Waals surface area contributed by atoms with E-state index >= 15 is 0 Å². The first-order valence-electron chi connectivity index (χ1n) is 7.10. The molecule has 2 aromatic rings. The molecule has 0 fully saturated rings. The van der Waals surface area contributed by atoms with E-state index in [1.54, 1.807) is 11.3 Å². The van der Waals surface area contributed by atoms with E-state index in [1.807, 2.05) is 17.5 Å². The molecule has 2 N–H and O–H groups in total. The molecule has 0 bridgehead atoms. The number of alkyl halides is 3. The molecule has 0 saturated carbocycles. The molecule has 0 spiro atoms. The van der Waals surface area contributed by atoms with Crippen LogP contribution < -0.4 is 10.6 Å². The molecule has 0 atom stereocenters. The standard InChI is InChI=1S/C15H14F3N3O2S2/c16-15(17,18)10-3-4-13(20-8-10)25-9-12(22)21-14(23)19-6-5-11-2-1-7-24-11/h1-4,7-8H,5-6,9H2,(H2,19,21,22,23). The van der Waals surface area contributed by atoms with Crippen molar-refractivity contribution in [2.75, 3.05) is 12.3 Å². The van der Waals surface area contributed by atoms with Gasteiger partial charge in [0.1, 0.15) is 0 Å². The fourth-order valence-electron chi connectivity index (χ4n) is 1.73. The fraction of sp³-hybridized carbons (Fsp3) is 0.267. The molecule has 2 aromatic heterocycles. The number of thioether (sulfide) groups is 1. The van der Waals surface area contributed by atoms with Crippen molar-refractivity contribution >= 4 is 35.0 Å². The Morgan fingerprint density at radius 2 is 2.04 bits per heavy atom. The fourth-order valence-corrected chi connectivity index (χ4v) is 3.09. The lowest BCUT2D eigenvalue weighted by atomic mass is 10.3. The summed E-state index contributed by atoms with van der Waals surface area (Å²) in [6.45, 7) is 0.396. The summed E-state index contributed by atoms with van der Waals surface area (Å²) in [6.07, 6.45) is -3.07. The van der Waals surface area contributed by atoms with Crippen molar-refractivity contribution in [1.29, 1.82) is 0 Å². The quantitative estimate of drug-likeness (QED) is 0.744. The molecule has 25 heavy (non-hydrogen) atoms. The third-order valence-corrected chi connectivity index (χ3v) is 4.78. The largest absolute Gasteiger partial charge is 0.417 e. The summed E-state index contributed by atoms with van der Waals surface area (Å²) in [6, 6.07) is 5.33. The Balaban J connectivity index is 1.68. The summed E-state index contributed by atoms with van der Waals surface area (Å²) < 4.78 is 37.2. The number of halogens is 3. The summed E-state index contributed by atoms with van der Waals surface area (Å²) >= 11 is 2.52. The summed E-state index contributed by atoms with van der Waals surface area (Å²) in [5, 5.41) is 6.91. The van der Waals surface area contributed by atoms with E-state index in [4.69, 9.17) is 0 Å². The number of imide groups is 1. The highest BCUT2D eigenvalue weighted by Crippen LogP contribution is 2.29. The second-order valence-electron chi connectivity index (χ2n) is 4.80. The van der Waals surface area contributed by atoms with Gasteiger partial charge in [-0.1, -0.05) is 17.8 Å². The van der Waals surface area contributed by atoms with Gasteiger partial charge in [0.15, 0.2) is 0 Å². The number of carbonyl (C=O) groups excluding carboxylic acids is 2. The van der Waals surface area contributed by atoms with Crippen molar-refractivity contribution in [3.8, 4) is 0 Å². The van der Waals surface area contributed by atoms with Gasteiger partial charge in [-0.3, -0.25) is 10.1 Å². The number of aromatic nitrogens is 1. The average molecular weight is 389 g/mol. The number of hydrogen-bond acceptors (Lipinski definition) is 5. The molecule has 2 heterocycles. The molecule has 0 aliphatic heterocycles. The molecule has 134 valence electrons. The maximum atomic E-state index is 12.4. The summed E-state index contributed by atoms with van der Waals surface area (Å²) in [5.41, 5.74) is -0.855. The van der Waals surface area contributed by atoms with Crippen LogP contribution in [0.5, 0.6) is 0 Å². The van der Waals surface area contributed by atoms with Gasteiger partial charge < -0.3 is 5.32 Å². The normalized spacial score (nSPS) is 11.2. The number of carbonyl (C=O) groups is 2. The summed E-state index contributed by atoms with van der Waals surface area (Å²) in [7, 11) is 0. The lowest BCUT2D eigenvalue weighted by molar-refractivity contribution is -0.137. The van der Waals surface area contributed by atoms with E-state index in [0.29, 0.717) is 19.2 Å². The van der Waals surface area contributed by atoms with Crippen LogP contribution >= 0.6 is 23.1 Å². The minimum atomic E-state index is -4.45. The van der Waals surface area contributed by atoms with Gasteiger partial charge in [0.05, 0.1) is 16.3 Å². The number of hydrogen-bond donors (Lipinski definition) is 2. The minimum Gasteiger partial charge on any atom is -0.337 e. The van der Waals surface area contributed by atoms with E-state index in [2.05, 4.69) is 15.6 Å². The lowest BCUT2D eigenvalue weighted by Crippen LogP contribution is -2.41. The molecule has 0 aliphatic rings. The molecule has 3 amide bonds. The monoisotopic (exact) mass is 389 g/mol. The number of rotatable bonds is 6. The predicted octanol–water partition coefficient (Wildman–Crippen LogP) is 3.32. The van der Waals surface area contributed by atoms with E-state index in [-0.39, 0.29) is 10.8 Å². The molecule has 2 rings (SSSR count). The second-order valence-corrected chi connectivity index (χ2v) is 6.83. The van der Waals surface area contributed by atoms with Crippen LogP contribution in [-0.4, -0.2) is 29.2 Å². The SMILES string of the molecule is O=C(CSc1ccc(C(F)(F)F)cn1)NC(=O)NCCc1cccs1. The number of thiophene rings is 1. The first-order chi connectivity index (χ1) is 11.8. The van der Waals surface area contributed by atoms with Crippen LogP contribution in [0.15, 0.2) is 40.9 Å². The number of nitrogens with zero attached hydrogens (tertiary/aromatic N) is 1. The Morgan fingerprint density at radius 3 is 2.64 bits per heavy atom. The Morgan fingerprint density at radius 1 is 1.24 bits per heavy atom. The van der Waals surface area contributed by atoms with E-state index < -0.39 is 23.7 Å². The molecule has 10 heteroatoms.